The molecule has 5 nitrogen and oxygen atoms in total. The maximum absolute atomic E-state index is 11.8. The molecule has 0 saturated carbocycles. The molecule has 1 aromatic carbocycles. The molecule has 1 aliphatic heterocycles. The van der Waals surface area contributed by atoms with Crippen molar-refractivity contribution in [1.82, 2.24) is 5.43 Å². The molecule has 0 aliphatic carbocycles. The predicted octanol–water partition coefficient (Wildman–Crippen LogP) is 1.73. The molecule has 1 saturated heterocycles. The highest BCUT2D eigenvalue weighted by molar-refractivity contribution is 6.30. The van der Waals surface area contributed by atoms with Crippen molar-refractivity contribution in [3.05, 3.63) is 47.2 Å². The number of furan rings is 1. The fraction of sp³-hybridized carbons (Fsp3) is 0.294. The molecule has 6 heteroatoms. The van der Waals surface area contributed by atoms with Crippen LogP contribution in [0, 0.1) is 0 Å². The number of benzene rings is 1. The summed E-state index contributed by atoms with van der Waals surface area (Å²) in [6.07, 6.45) is 3.90. The summed E-state index contributed by atoms with van der Waals surface area (Å²) in [7, 11) is 0. The lowest BCUT2D eigenvalue weighted by atomic mass is 10.2. The average Bonchev–Trinajstić information content (AvgIpc) is 3.19. The van der Waals surface area contributed by atoms with E-state index in [4.69, 9.17) is 16.0 Å². The molecule has 2 heterocycles. The lowest BCUT2D eigenvalue weighted by Gasteiger charge is -2.09. The van der Waals surface area contributed by atoms with Gasteiger partial charge in [0.2, 0.25) is 0 Å². The van der Waals surface area contributed by atoms with Crippen LogP contribution < -0.4 is 10.3 Å². The first-order valence-corrected chi connectivity index (χ1v) is 8.10. The van der Waals surface area contributed by atoms with Crippen LogP contribution in [0.1, 0.15) is 18.6 Å². The highest BCUT2D eigenvalue weighted by Crippen LogP contribution is 2.24. The summed E-state index contributed by atoms with van der Waals surface area (Å²) in [5, 5.41) is 4.61. The third-order valence-corrected chi connectivity index (χ3v) is 4.07. The number of carbonyl (C=O) groups is 1. The molecule has 120 valence electrons. The van der Waals surface area contributed by atoms with Gasteiger partial charge in [-0.05, 0) is 24.3 Å². The SMILES string of the molecule is O=C(C[NH+]1CCCC1)N/N=C\c1ccc(-c2cccc(Cl)c2)o1. The summed E-state index contributed by atoms with van der Waals surface area (Å²) in [5.41, 5.74) is 3.45. The zero-order chi connectivity index (χ0) is 16.1. The number of likely N-dealkylation sites (tertiary alicyclic amines) is 1. The van der Waals surface area contributed by atoms with Gasteiger partial charge >= 0.3 is 0 Å². The van der Waals surface area contributed by atoms with E-state index in [1.165, 1.54) is 24.0 Å². The molecule has 23 heavy (non-hydrogen) atoms. The number of rotatable bonds is 5. The molecular formula is C17H19ClN3O2+. The van der Waals surface area contributed by atoms with Crippen molar-refractivity contribution in [2.75, 3.05) is 19.6 Å². The van der Waals surface area contributed by atoms with E-state index in [-0.39, 0.29) is 5.91 Å². The molecule has 3 rings (SSSR count). The fourth-order valence-corrected chi connectivity index (χ4v) is 2.90. The Balaban J connectivity index is 1.55. The average molecular weight is 333 g/mol. The minimum Gasteiger partial charge on any atom is -0.455 e. The Kier molecular flexibility index (Phi) is 5.10. The third kappa shape index (κ3) is 4.43. The molecular weight excluding hydrogens is 314 g/mol. The van der Waals surface area contributed by atoms with Crippen LogP contribution in [-0.2, 0) is 4.79 Å². The molecule has 0 bridgehead atoms. The third-order valence-electron chi connectivity index (χ3n) is 3.84. The minimum absolute atomic E-state index is 0.0697. The second-order valence-electron chi connectivity index (χ2n) is 5.64. The number of carbonyl (C=O) groups excluding carboxylic acids is 1. The van der Waals surface area contributed by atoms with Crippen LogP contribution in [-0.4, -0.2) is 31.8 Å². The van der Waals surface area contributed by atoms with Gasteiger partial charge in [-0.3, -0.25) is 4.79 Å². The molecule has 1 aromatic heterocycles. The van der Waals surface area contributed by atoms with Gasteiger partial charge in [0.05, 0.1) is 19.3 Å². The summed E-state index contributed by atoms with van der Waals surface area (Å²) in [6, 6.07) is 11.1. The van der Waals surface area contributed by atoms with E-state index in [2.05, 4.69) is 10.5 Å². The second kappa shape index (κ2) is 7.44. The molecule has 2 aromatic rings. The monoisotopic (exact) mass is 332 g/mol. The normalized spacial score (nSPS) is 15.3. The number of hydrogen-bond donors (Lipinski definition) is 2. The van der Waals surface area contributed by atoms with Gasteiger partial charge in [-0.2, -0.15) is 5.10 Å². The topological polar surface area (TPSA) is 59.0 Å². The van der Waals surface area contributed by atoms with Gasteiger partial charge < -0.3 is 9.32 Å². The van der Waals surface area contributed by atoms with Gasteiger partial charge in [0, 0.05) is 23.4 Å². The maximum Gasteiger partial charge on any atom is 0.295 e. The quantitative estimate of drug-likeness (QED) is 0.647. The van der Waals surface area contributed by atoms with Crippen molar-refractivity contribution in [1.29, 1.82) is 0 Å². The van der Waals surface area contributed by atoms with Gasteiger partial charge in [-0.1, -0.05) is 23.7 Å². The van der Waals surface area contributed by atoms with E-state index in [1.54, 1.807) is 6.07 Å². The first-order valence-electron chi connectivity index (χ1n) is 7.72. The van der Waals surface area contributed by atoms with Crippen molar-refractivity contribution in [2.45, 2.75) is 12.8 Å². The highest BCUT2D eigenvalue weighted by atomic mass is 35.5. The van der Waals surface area contributed by atoms with Crippen molar-refractivity contribution in [2.24, 2.45) is 5.10 Å². The predicted molar refractivity (Wildman–Crippen MR) is 89.7 cm³/mol. The van der Waals surface area contributed by atoms with Gasteiger partial charge in [0.1, 0.15) is 11.5 Å². The number of halogens is 1. The Morgan fingerprint density at radius 1 is 1.30 bits per heavy atom. The van der Waals surface area contributed by atoms with Gasteiger partial charge in [-0.25, -0.2) is 5.43 Å². The smallest absolute Gasteiger partial charge is 0.295 e. The minimum atomic E-state index is -0.0697. The zero-order valence-electron chi connectivity index (χ0n) is 12.7. The first kappa shape index (κ1) is 15.8. The Hall–Kier alpha value is -2.11. The largest absolute Gasteiger partial charge is 0.455 e. The summed E-state index contributed by atoms with van der Waals surface area (Å²) in [6.45, 7) is 2.61. The van der Waals surface area contributed by atoms with E-state index < -0.39 is 0 Å². The van der Waals surface area contributed by atoms with Crippen LogP contribution in [0.25, 0.3) is 11.3 Å². The molecule has 1 aliphatic rings. The zero-order valence-corrected chi connectivity index (χ0v) is 13.5. The lowest BCUT2D eigenvalue weighted by Crippen LogP contribution is -3.11. The van der Waals surface area contributed by atoms with Crippen LogP contribution in [0.3, 0.4) is 0 Å². The van der Waals surface area contributed by atoms with E-state index >= 15 is 0 Å². The van der Waals surface area contributed by atoms with E-state index in [1.807, 2.05) is 30.3 Å². The van der Waals surface area contributed by atoms with E-state index in [0.717, 1.165) is 18.7 Å². The standard InChI is InChI=1S/C17H18ClN3O2/c18-14-5-3-4-13(10-14)16-7-6-15(23-16)11-19-20-17(22)12-21-8-1-2-9-21/h3-7,10-11H,1-2,8-9,12H2,(H,20,22)/p+1/b19-11-. The van der Waals surface area contributed by atoms with E-state index in [0.29, 0.717) is 23.1 Å². The van der Waals surface area contributed by atoms with Crippen LogP contribution >= 0.6 is 11.6 Å². The first-order chi connectivity index (χ1) is 11.2. The van der Waals surface area contributed by atoms with Crippen molar-refractivity contribution in [3.63, 3.8) is 0 Å². The molecule has 0 atom stereocenters. The Labute approximate surface area is 139 Å². The molecule has 1 amide bonds. The highest BCUT2D eigenvalue weighted by Gasteiger charge is 2.18. The van der Waals surface area contributed by atoms with Crippen LogP contribution in [0.5, 0.6) is 0 Å². The second-order valence-corrected chi connectivity index (χ2v) is 6.08. The number of quaternary nitrogens is 1. The number of nitrogens with zero attached hydrogens (tertiary/aromatic N) is 1. The Morgan fingerprint density at radius 2 is 2.13 bits per heavy atom. The summed E-state index contributed by atoms with van der Waals surface area (Å²) in [5.74, 6) is 1.22. The number of hydrogen-bond acceptors (Lipinski definition) is 3. The molecule has 2 N–H and O–H groups in total. The van der Waals surface area contributed by atoms with Gasteiger partial charge in [-0.15, -0.1) is 0 Å². The number of nitrogens with one attached hydrogen (secondary N) is 2. The van der Waals surface area contributed by atoms with Crippen LogP contribution in [0.15, 0.2) is 45.9 Å². The Morgan fingerprint density at radius 3 is 2.91 bits per heavy atom. The molecule has 0 radical (unpaired) electrons. The summed E-state index contributed by atoms with van der Waals surface area (Å²) < 4.78 is 5.68. The fourth-order valence-electron chi connectivity index (χ4n) is 2.71. The van der Waals surface area contributed by atoms with Gasteiger partial charge in [0.15, 0.2) is 6.54 Å². The number of hydrazone groups is 1. The van der Waals surface area contributed by atoms with Crippen molar-refractivity contribution < 1.29 is 14.1 Å². The van der Waals surface area contributed by atoms with Crippen molar-refractivity contribution in [3.8, 4) is 11.3 Å². The van der Waals surface area contributed by atoms with Gasteiger partial charge in [0.25, 0.3) is 5.91 Å². The van der Waals surface area contributed by atoms with Crippen LogP contribution in [0.2, 0.25) is 5.02 Å². The molecule has 1 fully saturated rings. The van der Waals surface area contributed by atoms with Crippen LogP contribution in [0.4, 0.5) is 0 Å². The molecule has 0 spiro atoms. The van der Waals surface area contributed by atoms with E-state index in [9.17, 15) is 4.79 Å². The lowest BCUT2D eigenvalue weighted by molar-refractivity contribution is -0.879. The summed E-state index contributed by atoms with van der Waals surface area (Å²) in [4.78, 5) is 13.1. The van der Waals surface area contributed by atoms with Crippen molar-refractivity contribution >= 4 is 23.7 Å². The maximum atomic E-state index is 11.8. The Bertz CT molecular complexity index is 705. The number of amides is 1. The summed E-state index contributed by atoms with van der Waals surface area (Å²) >= 11 is 5.97. The molecule has 0 unspecified atom stereocenters.